The van der Waals surface area contributed by atoms with Crippen molar-refractivity contribution in [2.45, 2.75) is 0 Å². The van der Waals surface area contributed by atoms with Gasteiger partial charge in [-0.25, -0.2) is 17.6 Å². The highest BCUT2D eigenvalue weighted by Crippen LogP contribution is 2.21. The molecule has 2 aromatic rings. The number of halogens is 4. The number of hydrogen-bond donors (Lipinski definition) is 0. The molecule has 0 saturated carbocycles. The van der Waals surface area contributed by atoms with Crippen LogP contribution in [0.1, 0.15) is 41.6 Å². The van der Waals surface area contributed by atoms with Crippen LogP contribution in [0.25, 0.3) is 0 Å². The maximum Gasteiger partial charge on any atom is 0.173 e. The number of pyridine rings is 1. The quantitative estimate of drug-likeness (QED) is 0.485. The predicted octanol–water partition coefficient (Wildman–Crippen LogP) is 2.57. The first-order chi connectivity index (χ1) is 11.4. The summed E-state index contributed by atoms with van der Waals surface area (Å²) in [6.07, 6.45) is 1.90. The molecule has 24 heavy (non-hydrogen) atoms. The summed E-state index contributed by atoms with van der Waals surface area (Å²) in [5.74, 6) is -7.50. The maximum absolute atomic E-state index is 12.7. The lowest BCUT2D eigenvalue weighted by Crippen LogP contribution is -2.07. The fourth-order valence-corrected chi connectivity index (χ4v) is 1.50. The lowest BCUT2D eigenvalue weighted by molar-refractivity contribution is 0.109. The van der Waals surface area contributed by atoms with E-state index in [1.54, 1.807) is 12.1 Å². The predicted molar refractivity (Wildman–Crippen MR) is 72.1 cm³/mol. The summed E-state index contributed by atoms with van der Waals surface area (Å²) in [6, 6.07) is 3.15. The minimum atomic E-state index is -1.87. The molecule has 0 spiro atoms. The highest BCUT2D eigenvalue weighted by molar-refractivity contribution is 5.88. The molecule has 0 unspecified atom stereocenters. The molecule has 5 nitrogen and oxygen atoms in total. The van der Waals surface area contributed by atoms with Crippen molar-refractivity contribution < 1.29 is 36.7 Å². The Hall–Kier alpha value is -3.23. The van der Waals surface area contributed by atoms with Crippen LogP contribution < -0.4 is 0 Å². The van der Waals surface area contributed by atoms with Crippen molar-refractivity contribution in [3.05, 3.63) is 64.0 Å². The van der Waals surface area contributed by atoms with E-state index in [4.69, 9.17) is 0 Å². The van der Waals surface area contributed by atoms with Crippen molar-refractivity contribution in [1.29, 1.82) is 0 Å². The molecule has 0 aliphatic carbocycles. The van der Waals surface area contributed by atoms with E-state index in [1.807, 2.05) is 0 Å². The van der Waals surface area contributed by atoms with Crippen molar-refractivity contribution in [1.82, 2.24) is 4.98 Å². The molecule has 0 aliphatic rings. The summed E-state index contributed by atoms with van der Waals surface area (Å²) in [5.41, 5.74) is -2.22. The van der Waals surface area contributed by atoms with Crippen molar-refractivity contribution in [2.75, 3.05) is 0 Å². The summed E-state index contributed by atoms with van der Waals surface area (Å²) in [6.45, 7) is 0. The van der Waals surface area contributed by atoms with Gasteiger partial charge < -0.3 is 0 Å². The van der Waals surface area contributed by atoms with Gasteiger partial charge in [0.2, 0.25) is 0 Å². The average molecular weight is 341 g/mol. The Kier molecular flexibility index (Phi) is 6.60. The Morgan fingerprint density at radius 1 is 0.708 bits per heavy atom. The normalized spacial score (nSPS) is 9.50. The first kappa shape index (κ1) is 18.8. The molecule has 0 radical (unpaired) electrons. The molecule has 1 aromatic heterocycles. The van der Waals surface area contributed by atoms with E-state index in [0.717, 1.165) is 0 Å². The van der Waals surface area contributed by atoms with Crippen LogP contribution >= 0.6 is 0 Å². The lowest BCUT2D eigenvalue weighted by atomic mass is 10.1. The zero-order chi connectivity index (χ0) is 18.3. The van der Waals surface area contributed by atoms with Gasteiger partial charge in [-0.05, 0) is 12.1 Å². The Morgan fingerprint density at radius 3 is 1.46 bits per heavy atom. The number of aldehydes is 4. The molecule has 0 aliphatic heterocycles. The molecule has 2 rings (SSSR count). The van der Waals surface area contributed by atoms with Crippen molar-refractivity contribution in [3.8, 4) is 0 Å². The highest BCUT2D eigenvalue weighted by Gasteiger charge is 2.24. The zero-order valence-corrected chi connectivity index (χ0v) is 11.6. The van der Waals surface area contributed by atoms with E-state index in [2.05, 4.69) is 4.98 Å². The third kappa shape index (κ3) is 3.75. The minimum Gasteiger partial charge on any atom is -0.298 e. The van der Waals surface area contributed by atoms with Crippen LogP contribution in [0.4, 0.5) is 17.6 Å². The molecule has 9 heteroatoms. The zero-order valence-electron chi connectivity index (χ0n) is 11.6. The molecule has 1 heterocycles. The summed E-state index contributed by atoms with van der Waals surface area (Å²) >= 11 is 0. The Labute approximate surface area is 131 Å². The van der Waals surface area contributed by atoms with Crippen LogP contribution in [0, 0.1) is 23.3 Å². The summed E-state index contributed by atoms with van der Waals surface area (Å²) in [4.78, 5) is 44.1. The maximum atomic E-state index is 12.7. The molecular weight excluding hydrogens is 334 g/mol. The summed E-state index contributed by atoms with van der Waals surface area (Å²) < 4.78 is 50.9. The van der Waals surface area contributed by atoms with Crippen LogP contribution in [0.3, 0.4) is 0 Å². The number of aromatic nitrogens is 1. The van der Waals surface area contributed by atoms with Crippen molar-refractivity contribution >= 4 is 25.1 Å². The molecule has 1 aromatic carbocycles. The second-order valence-corrected chi connectivity index (χ2v) is 4.03. The first-order valence-corrected chi connectivity index (χ1v) is 6.04. The van der Waals surface area contributed by atoms with Gasteiger partial charge >= 0.3 is 0 Å². The van der Waals surface area contributed by atoms with Gasteiger partial charge in [0.25, 0.3) is 0 Å². The SMILES string of the molecule is O=Cc1c(F)c(F)c(C=O)c(F)c1F.O=Cc1cccnc1C=O. The molecular formula is C15H7F4NO4. The molecule has 0 amide bonds. The molecule has 0 N–H and O–H groups in total. The van der Waals surface area contributed by atoms with Crippen LogP contribution in [0.15, 0.2) is 18.3 Å². The van der Waals surface area contributed by atoms with E-state index < -0.39 is 34.4 Å². The Morgan fingerprint density at radius 2 is 1.17 bits per heavy atom. The smallest absolute Gasteiger partial charge is 0.173 e. The summed E-state index contributed by atoms with van der Waals surface area (Å²) in [7, 11) is 0. The van der Waals surface area contributed by atoms with Gasteiger partial charge in [0.1, 0.15) is 5.69 Å². The standard InChI is InChI=1S/C8H2F4O2.C7H5NO2/c9-5-3(1-13)6(10)8(12)4(2-14)7(5)11;9-4-6-2-1-3-8-7(6)5-10/h1-2H;1-5H. The second kappa shape index (κ2) is 8.42. The van der Waals surface area contributed by atoms with E-state index in [-0.39, 0.29) is 18.3 Å². The Bertz CT molecular complexity index is 713. The van der Waals surface area contributed by atoms with Crippen LogP contribution in [-0.4, -0.2) is 30.1 Å². The molecule has 0 atom stereocenters. The number of nitrogens with zero attached hydrogens (tertiary/aromatic N) is 1. The van der Waals surface area contributed by atoms with Gasteiger partial charge in [-0.3, -0.25) is 24.2 Å². The third-order valence-electron chi connectivity index (χ3n) is 2.68. The van der Waals surface area contributed by atoms with E-state index in [9.17, 15) is 36.7 Å². The van der Waals surface area contributed by atoms with Crippen LogP contribution in [-0.2, 0) is 0 Å². The molecule has 0 bridgehead atoms. The molecule has 0 fully saturated rings. The molecule has 0 saturated heterocycles. The third-order valence-corrected chi connectivity index (χ3v) is 2.68. The minimum absolute atomic E-state index is 0.192. The molecule has 124 valence electrons. The fraction of sp³-hybridized carbons (Fsp3) is 0. The van der Waals surface area contributed by atoms with E-state index in [1.165, 1.54) is 6.20 Å². The monoisotopic (exact) mass is 341 g/mol. The number of carbonyl (C=O) groups excluding carboxylic acids is 4. The van der Waals surface area contributed by atoms with Gasteiger partial charge in [-0.2, -0.15) is 0 Å². The topological polar surface area (TPSA) is 81.2 Å². The van der Waals surface area contributed by atoms with Crippen molar-refractivity contribution in [3.63, 3.8) is 0 Å². The van der Waals surface area contributed by atoms with E-state index >= 15 is 0 Å². The van der Waals surface area contributed by atoms with E-state index in [0.29, 0.717) is 18.1 Å². The fourth-order valence-electron chi connectivity index (χ4n) is 1.50. The second-order valence-electron chi connectivity index (χ2n) is 4.03. The first-order valence-electron chi connectivity index (χ1n) is 6.04. The van der Waals surface area contributed by atoms with Crippen LogP contribution in [0.5, 0.6) is 0 Å². The van der Waals surface area contributed by atoms with Gasteiger partial charge in [0.15, 0.2) is 48.4 Å². The number of hydrogen-bond acceptors (Lipinski definition) is 5. The largest absolute Gasteiger partial charge is 0.298 e. The average Bonchev–Trinajstić information content (AvgIpc) is 2.61. The van der Waals surface area contributed by atoms with Crippen LogP contribution in [0.2, 0.25) is 0 Å². The van der Waals surface area contributed by atoms with Gasteiger partial charge in [0.05, 0.1) is 11.1 Å². The number of carbonyl (C=O) groups is 4. The summed E-state index contributed by atoms with van der Waals surface area (Å²) in [5, 5.41) is 0. The van der Waals surface area contributed by atoms with Crippen molar-refractivity contribution in [2.24, 2.45) is 0 Å². The number of benzene rings is 1. The Balaban J connectivity index is 0.000000254. The van der Waals surface area contributed by atoms with Gasteiger partial charge in [-0.1, -0.05) is 0 Å². The van der Waals surface area contributed by atoms with Gasteiger partial charge in [0, 0.05) is 11.8 Å². The lowest BCUT2D eigenvalue weighted by Gasteiger charge is -2.03. The highest BCUT2D eigenvalue weighted by atomic mass is 19.2. The number of rotatable bonds is 4. The van der Waals surface area contributed by atoms with Gasteiger partial charge in [-0.15, -0.1) is 0 Å².